The lowest BCUT2D eigenvalue weighted by atomic mass is 10.0. The van der Waals surface area contributed by atoms with E-state index in [2.05, 4.69) is 46.4 Å². The number of aromatic nitrogens is 2. The second kappa shape index (κ2) is 6.47. The lowest BCUT2D eigenvalue weighted by molar-refractivity contribution is 1.28. The molecule has 2 aromatic heterocycles. The minimum atomic E-state index is 0.931. The largest absolute Gasteiger partial charge is 0.263 e. The Labute approximate surface area is 141 Å². The fourth-order valence-corrected chi connectivity index (χ4v) is 2.73. The Hall–Kier alpha value is -3.26. The highest BCUT2D eigenvalue weighted by Crippen LogP contribution is 2.25. The van der Waals surface area contributed by atoms with Gasteiger partial charge in [0.1, 0.15) is 0 Å². The number of nitrogens with zero attached hydrogens (tertiary/aromatic N) is 2. The van der Waals surface area contributed by atoms with Gasteiger partial charge in [-0.3, -0.25) is 9.97 Å². The van der Waals surface area contributed by atoms with E-state index in [1.54, 1.807) is 0 Å². The van der Waals surface area contributed by atoms with Crippen molar-refractivity contribution in [1.29, 1.82) is 0 Å². The molecule has 0 aliphatic carbocycles. The summed E-state index contributed by atoms with van der Waals surface area (Å²) >= 11 is 0. The van der Waals surface area contributed by atoms with E-state index in [1.807, 2.05) is 61.1 Å². The van der Waals surface area contributed by atoms with Crippen molar-refractivity contribution in [2.75, 3.05) is 0 Å². The quantitative estimate of drug-likeness (QED) is 0.501. The first-order valence-corrected chi connectivity index (χ1v) is 7.92. The highest BCUT2D eigenvalue weighted by Gasteiger charge is 2.04. The van der Waals surface area contributed by atoms with Gasteiger partial charge < -0.3 is 0 Å². The molecule has 0 fully saturated rings. The number of hydrogen-bond donors (Lipinski definition) is 0. The summed E-state index contributed by atoms with van der Waals surface area (Å²) < 4.78 is 0. The molecule has 4 rings (SSSR count). The van der Waals surface area contributed by atoms with Gasteiger partial charge in [0.25, 0.3) is 0 Å². The fourth-order valence-electron chi connectivity index (χ4n) is 2.73. The molecule has 0 bridgehead atoms. The second-order valence-corrected chi connectivity index (χ2v) is 5.63. The van der Waals surface area contributed by atoms with Gasteiger partial charge in [-0.05, 0) is 23.3 Å². The average Bonchev–Trinajstić information content (AvgIpc) is 2.70. The van der Waals surface area contributed by atoms with Gasteiger partial charge in [0, 0.05) is 35.3 Å². The van der Waals surface area contributed by atoms with E-state index in [0.29, 0.717) is 0 Å². The Balaban J connectivity index is 1.67. The smallest absolute Gasteiger partial charge is 0.0718 e. The van der Waals surface area contributed by atoms with E-state index < -0.39 is 0 Å². The zero-order valence-electron chi connectivity index (χ0n) is 13.1. The van der Waals surface area contributed by atoms with Crippen LogP contribution in [0.3, 0.4) is 0 Å². The van der Waals surface area contributed by atoms with E-state index in [9.17, 15) is 0 Å². The summed E-state index contributed by atoms with van der Waals surface area (Å²) in [7, 11) is 0. The molecule has 0 spiro atoms. The molecule has 4 aromatic rings. The number of benzene rings is 2. The molecule has 0 atom stereocenters. The van der Waals surface area contributed by atoms with Crippen molar-refractivity contribution in [3.63, 3.8) is 0 Å². The maximum Gasteiger partial charge on any atom is 0.0718 e. The summed E-state index contributed by atoms with van der Waals surface area (Å²) in [5, 5.41) is 0. The third kappa shape index (κ3) is 2.95. The highest BCUT2D eigenvalue weighted by atomic mass is 14.7. The summed E-state index contributed by atoms with van der Waals surface area (Å²) in [6, 6.07) is 26.8. The van der Waals surface area contributed by atoms with Crippen LogP contribution in [0.1, 0.15) is 0 Å². The highest BCUT2D eigenvalue weighted by molar-refractivity contribution is 5.71. The molecule has 2 nitrogen and oxygen atoms in total. The summed E-state index contributed by atoms with van der Waals surface area (Å²) in [4.78, 5) is 9.00. The van der Waals surface area contributed by atoms with Gasteiger partial charge in [0.15, 0.2) is 0 Å². The predicted octanol–water partition coefficient (Wildman–Crippen LogP) is 5.48. The lowest BCUT2D eigenvalue weighted by Crippen LogP contribution is -1.88. The molecule has 0 saturated carbocycles. The predicted molar refractivity (Wildman–Crippen MR) is 98.3 cm³/mol. The van der Waals surface area contributed by atoms with Gasteiger partial charge in [0.05, 0.1) is 5.69 Å². The number of pyridine rings is 2. The molecule has 2 heteroatoms. The summed E-state index contributed by atoms with van der Waals surface area (Å²) in [6.07, 6.45) is 5.66. The molecule has 0 aliphatic rings. The van der Waals surface area contributed by atoms with Gasteiger partial charge in [-0.15, -0.1) is 0 Å². The second-order valence-electron chi connectivity index (χ2n) is 5.63. The van der Waals surface area contributed by atoms with E-state index in [0.717, 1.165) is 27.9 Å². The zero-order valence-corrected chi connectivity index (χ0v) is 13.1. The van der Waals surface area contributed by atoms with Crippen LogP contribution in [0.2, 0.25) is 0 Å². The first-order valence-electron chi connectivity index (χ1n) is 7.92. The van der Waals surface area contributed by atoms with E-state index >= 15 is 0 Å². The molecule has 0 unspecified atom stereocenters. The van der Waals surface area contributed by atoms with Gasteiger partial charge >= 0.3 is 0 Å². The standard InChI is InChI=1S/C22H16N2/c1-3-7-17(8-4-1)19-11-12-22(24-16-19)21-13-20(14-23-15-21)18-9-5-2-6-10-18/h1-16H. The van der Waals surface area contributed by atoms with Gasteiger partial charge in [-0.2, -0.15) is 0 Å². The maximum absolute atomic E-state index is 4.62. The molecule has 2 aromatic carbocycles. The molecule has 0 N–H and O–H groups in total. The van der Waals surface area contributed by atoms with Crippen molar-refractivity contribution in [2.24, 2.45) is 0 Å². The van der Waals surface area contributed by atoms with Crippen LogP contribution in [0.15, 0.2) is 97.5 Å². The number of rotatable bonds is 3. The third-order valence-corrected chi connectivity index (χ3v) is 4.01. The average molecular weight is 308 g/mol. The molecule has 0 aliphatic heterocycles. The molecule has 0 saturated heterocycles. The fraction of sp³-hybridized carbons (Fsp3) is 0. The normalized spacial score (nSPS) is 10.5. The van der Waals surface area contributed by atoms with Crippen LogP contribution in [-0.4, -0.2) is 9.97 Å². The van der Waals surface area contributed by atoms with Crippen LogP contribution in [0.25, 0.3) is 33.5 Å². The monoisotopic (exact) mass is 308 g/mol. The summed E-state index contributed by atoms with van der Waals surface area (Å²) in [5.41, 5.74) is 6.50. The molecule has 0 amide bonds. The Morgan fingerprint density at radius 1 is 0.458 bits per heavy atom. The number of hydrogen-bond acceptors (Lipinski definition) is 2. The van der Waals surface area contributed by atoms with Crippen molar-refractivity contribution in [2.45, 2.75) is 0 Å². The summed E-state index contributed by atoms with van der Waals surface area (Å²) in [6.45, 7) is 0. The van der Waals surface area contributed by atoms with E-state index in [1.165, 1.54) is 5.56 Å². The Kier molecular flexibility index (Phi) is 3.86. The molecule has 0 radical (unpaired) electrons. The van der Waals surface area contributed by atoms with Gasteiger partial charge in [-0.1, -0.05) is 66.7 Å². The minimum Gasteiger partial charge on any atom is -0.263 e. The van der Waals surface area contributed by atoms with E-state index in [-0.39, 0.29) is 0 Å². The van der Waals surface area contributed by atoms with Crippen molar-refractivity contribution >= 4 is 0 Å². The van der Waals surface area contributed by atoms with Crippen LogP contribution >= 0.6 is 0 Å². The van der Waals surface area contributed by atoms with Crippen molar-refractivity contribution in [1.82, 2.24) is 9.97 Å². The van der Waals surface area contributed by atoms with Crippen LogP contribution < -0.4 is 0 Å². The molecular formula is C22H16N2. The van der Waals surface area contributed by atoms with Crippen LogP contribution in [0, 0.1) is 0 Å². The Morgan fingerprint density at radius 3 is 1.71 bits per heavy atom. The minimum absolute atomic E-state index is 0.931. The molecule has 2 heterocycles. The van der Waals surface area contributed by atoms with E-state index in [4.69, 9.17) is 0 Å². The molecule has 24 heavy (non-hydrogen) atoms. The summed E-state index contributed by atoms with van der Waals surface area (Å²) in [5.74, 6) is 0. The first kappa shape index (κ1) is 14.3. The molecule has 114 valence electrons. The topological polar surface area (TPSA) is 25.8 Å². The maximum atomic E-state index is 4.62. The zero-order chi connectivity index (χ0) is 16.2. The first-order chi connectivity index (χ1) is 11.9. The van der Waals surface area contributed by atoms with Crippen LogP contribution in [0.4, 0.5) is 0 Å². The van der Waals surface area contributed by atoms with Crippen LogP contribution in [-0.2, 0) is 0 Å². The Morgan fingerprint density at radius 2 is 1.08 bits per heavy atom. The SMILES string of the molecule is c1ccc(-c2ccc(-c3cncc(-c4ccccc4)c3)nc2)cc1. The molecular weight excluding hydrogens is 292 g/mol. The Bertz CT molecular complexity index is 930. The lowest BCUT2D eigenvalue weighted by Gasteiger charge is -2.06. The van der Waals surface area contributed by atoms with Crippen molar-refractivity contribution in [3.05, 3.63) is 97.5 Å². The van der Waals surface area contributed by atoms with Gasteiger partial charge in [0.2, 0.25) is 0 Å². The van der Waals surface area contributed by atoms with Crippen molar-refractivity contribution < 1.29 is 0 Å². The van der Waals surface area contributed by atoms with Crippen molar-refractivity contribution in [3.8, 4) is 33.5 Å². The van der Waals surface area contributed by atoms with Crippen LogP contribution in [0.5, 0.6) is 0 Å². The third-order valence-electron chi connectivity index (χ3n) is 4.01. The van der Waals surface area contributed by atoms with Gasteiger partial charge in [-0.25, -0.2) is 0 Å².